The third kappa shape index (κ3) is 5.44. The summed E-state index contributed by atoms with van der Waals surface area (Å²) in [5.41, 5.74) is 0.322. The van der Waals surface area contributed by atoms with Crippen molar-refractivity contribution in [3.05, 3.63) is 64.6 Å². The molecule has 3 rings (SSSR count). The van der Waals surface area contributed by atoms with E-state index in [0.717, 1.165) is 0 Å². The molecule has 0 saturated carbocycles. The molecule has 0 radical (unpaired) electrons. The third-order valence-electron chi connectivity index (χ3n) is 4.59. The summed E-state index contributed by atoms with van der Waals surface area (Å²) >= 11 is 12.1. The molecule has 0 heterocycles. The van der Waals surface area contributed by atoms with Gasteiger partial charge in [0.15, 0.2) is 0 Å². The lowest BCUT2D eigenvalue weighted by molar-refractivity contribution is 0.395. The smallest absolute Gasteiger partial charge is 0.263 e. The molecule has 2 N–H and O–H groups in total. The highest BCUT2D eigenvalue weighted by atomic mass is 35.5. The van der Waals surface area contributed by atoms with E-state index in [4.69, 9.17) is 37.4 Å². The van der Waals surface area contributed by atoms with Crippen LogP contribution >= 0.6 is 23.2 Å². The number of benzene rings is 3. The van der Waals surface area contributed by atoms with E-state index in [2.05, 4.69) is 9.44 Å². The normalized spacial score (nSPS) is 11.6. The number of hydrogen-bond donors (Lipinski definition) is 2. The Labute approximate surface area is 207 Å². The summed E-state index contributed by atoms with van der Waals surface area (Å²) in [6, 6.07) is 12.3. The van der Waals surface area contributed by atoms with Crippen LogP contribution < -0.4 is 23.7 Å². The van der Waals surface area contributed by atoms with Crippen LogP contribution in [0.25, 0.3) is 0 Å². The van der Waals surface area contributed by atoms with Gasteiger partial charge in [-0.3, -0.25) is 9.44 Å². The van der Waals surface area contributed by atoms with Crippen LogP contribution in [0.1, 0.15) is 0 Å². The van der Waals surface area contributed by atoms with Gasteiger partial charge in [0, 0.05) is 11.8 Å². The fraction of sp³-hybridized carbons (Fsp3) is 0.143. The van der Waals surface area contributed by atoms with Gasteiger partial charge in [-0.2, -0.15) is 0 Å². The molecule has 0 saturated heterocycles. The Hall–Kier alpha value is -2.86. The van der Waals surface area contributed by atoms with Gasteiger partial charge in [-0.15, -0.1) is 0 Å². The molecule has 0 aliphatic carbocycles. The highest BCUT2D eigenvalue weighted by Crippen LogP contribution is 2.37. The molecule has 0 aliphatic rings. The van der Waals surface area contributed by atoms with Gasteiger partial charge < -0.3 is 14.2 Å². The minimum atomic E-state index is -4.12. The lowest BCUT2D eigenvalue weighted by Gasteiger charge is -2.14. The summed E-state index contributed by atoms with van der Waals surface area (Å²) in [6.45, 7) is 0. The summed E-state index contributed by atoms with van der Waals surface area (Å²) in [5.74, 6) is 0.984. The molecule has 0 spiro atoms. The molecule has 3 aromatic rings. The average molecular weight is 547 g/mol. The summed E-state index contributed by atoms with van der Waals surface area (Å²) in [7, 11) is -3.87. The van der Waals surface area contributed by atoms with Crippen LogP contribution in [0.3, 0.4) is 0 Å². The number of methoxy groups -OCH3 is 3. The monoisotopic (exact) mass is 546 g/mol. The number of sulfonamides is 2. The van der Waals surface area contributed by atoms with Crippen molar-refractivity contribution in [3.63, 3.8) is 0 Å². The lowest BCUT2D eigenvalue weighted by atomic mass is 10.3. The number of ether oxygens (including phenoxy) is 3. The molecule has 0 unspecified atom stereocenters. The van der Waals surface area contributed by atoms with E-state index in [1.807, 2.05) is 0 Å². The second-order valence-corrected chi connectivity index (χ2v) is 10.8. The van der Waals surface area contributed by atoms with E-state index in [0.29, 0.717) is 5.75 Å². The van der Waals surface area contributed by atoms with E-state index < -0.39 is 20.0 Å². The average Bonchev–Trinajstić information content (AvgIpc) is 2.80. The molecule has 34 heavy (non-hydrogen) atoms. The maximum absolute atomic E-state index is 12.8. The van der Waals surface area contributed by atoms with Gasteiger partial charge in [0.25, 0.3) is 20.0 Å². The van der Waals surface area contributed by atoms with Crippen LogP contribution in [-0.4, -0.2) is 38.2 Å². The molecule has 0 fully saturated rings. The van der Waals surface area contributed by atoms with Crippen LogP contribution in [0.2, 0.25) is 10.0 Å². The molecule has 0 aromatic heterocycles. The number of halogens is 2. The Morgan fingerprint density at radius 3 is 1.91 bits per heavy atom. The van der Waals surface area contributed by atoms with Crippen molar-refractivity contribution in [3.8, 4) is 17.2 Å². The van der Waals surface area contributed by atoms with Gasteiger partial charge in [-0.05, 0) is 48.5 Å². The van der Waals surface area contributed by atoms with E-state index in [9.17, 15) is 16.8 Å². The highest BCUT2D eigenvalue weighted by Gasteiger charge is 2.23. The SMILES string of the molecule is COc1ccc(NS(=O)(=O)c2ccc(NS(=O)(=O)c3ccc(OC)c(Cl)c3Cl)cc2)c(OC)c1. The fourth-order valence-corrected chi connectivity index (χ4v) is 5.85. The first-order valence-corrected chi connectivity index (χ1v) is 13.1. The predicted octanol–water partition coefficient (Wildman–Crippen LogP) is 4.62. The van der Waals surface area contributed by atoms with Gasteiger partial charge in [0.2, 0.25) is 0 Å². The van der Waals surface area contributed by atoms with E-state index in [1.165, 1.54) is 69.9 Å². The second-order valence-electron chi connectivity index (χ2n) is 6.70. The van der Waals surface area contributed by atoms with Gasteiger partial charge in [-0.25, -0.2) is 16.8 Å². The minimum Gasteiger partial charge on any atom is -0.497 e. The Kier molecular flexibility index (Phi) is 7.71. The molecule has 0 bridgehead atoms. The van der Waals surface area contributed by atoms with Crippen molar-refractivity contribution in [2.75, 3.05) is 30.8 Å². The van der Waals surface area contributed by atoms with E-state index in [-0.39, 0.29) is 42.7 Å². The first-order chi connectivity index (χ1) is 16.0. The minimum absolute atomic E-state index is 0.0477. The molecule has 0 amide bonds. The topological polar surface area (TPSA) is 120 Å². The standard InChI is InChI=1S/C21H20Cl2N2O7S2/c1-30-14-6-9-16(18(12-14)32-3)25-33(26,27)15-7-4-13(5-8-15)24-34(28,29)19-11-10-17(31-2)20(22)21(19)23/h4-12,24-25H,1-3H3. The van der Waals surface area contributed by atoms with Crippen LogP contribution in [0.5, 0.6) is 17.2 Å². The predicted molar refractivity (Wildman–Crippen MR) is 131 cm³/mol. The molecule has 182 valence electrons. The Bertz CT molecular complexity index is 1410. The van der Waals surface area contributed by atoms with Gasteiger partial charge in [0.05, 0.1) is 36.9 Å². The maximum atomic E-state index is 12.8. The summed E-state index contributed by atoms with van der Waals surface area (Å²) in [4.78, 5) is -0.358. The zero-order valence-corrected chi connectivity index (χ0v) is 21.3. The first-order valence-electron chi connectivity index (χ1n) is 9.42. The molecule has 9 nitrogen and oxygen atoms in total. The maximum Gasteiger partial charge on any atom is 0.263 e. The van der Waals surface area contributed by atoms with Crippen molar-refractivity contribution >= 4 is 54.6 Å². The fourth-order valence-electron chi connectivity index (χ4n) is 2.88. The van der Waals surface area contributed by atoms with Crippen LogP contribution in [0, 0.1) is 0 Å². The van der Waals surface area contributed by atoms with Crippen LogP contribution in [-0.2, 0) is 20.0 Å². The number of nitrogens with one attached hydrogen (secondary N) is 2. The zero-order valence-electron chi connectivity index (χ0n) is 18.1. The molecule has 3 aromatic carbocycles. The highest BCUT2D eigenvalue weighted by molar-refractivity contribution is 7.93. The lowest BCUT2D eigenvalue weighted by Crippen LogP contribution is -2.15. The third-order valence-corrected chi connectivity index (χ3v) is 8.37. The summed E-state index contributed by atoms with van der Waals surface area (Å²) in [5, 5.41) is -0.251. The Morgan fingerprint density at radius 1 is 0.676 bits per heavy atom. The number of anilines is 2. The first kappa shape index (κ1) is 25.8. The van der Waals surface area contributed by atoms with Crippen LogP contribution in [0.4, 0.5) is 11.4 Å². The largest absolute Gasteiger partial charge is 0.497 e. The quantitative estimate of drug-likeness (QED) is 0.401. The Morgan fingerprint density at radius 2 is 1.32 bits per heavy atom. The molecular weight excluding hydrogens is 527 g/mol. The summed E-state index contributed by atoms with van der Waals surface area (Å²) in [6.07, 6.45) is 0. The Balaban J connectivity index is 1.83. The van der Waals surface area contributed by atoms with Gasteiger partial charge in [0.1, 0.15) is 27.2 Å². The number of rotatable bonds is 9. The van der Waals surface area contributed by atoms with Crippen molar-refractivity contribution in [2.24, 2.45) is 0 Å². The van der Waals surface area contributed by atoms with Crippen LogP contribution in [0.15, 0.2) is 64.4 Å². The second kappa shape index (κ2) is 10.2. The van der Waals surface area contributed by atoms with Crippen molar-refractivity contribution in [2.45, 2.75) is 9.79 Å². The molecule has 0 atom stereocenters. The van der Waals surface area contributed by atoms with Crippen molar-refractivity contribution in [1.82, 2.24) is 0 Å². The van der Waals surface area contributed by atoms with E-state index >= 15 is 0 Å². The van der Waals surface area contributed by atoms with Gasteiger partial charge in [-0.1, -0.05) is 23.2 Å². The van der Waals surface area contributed by atoms with Crippen molar-refractivity contribution in [1.29, 1.82) is 0 Å². The van der Waals surface area contributed by atoms with Gasteiger partial charge >= 0.3 is 0 Å². The zero-order chi connectivity index (χ0) is 25.1. The molecule has 13 heteroatoms. The molecule has 0 aliphatic heterocycles. The number of hydrogen-bond acceptors (Lipinski definition) is 7. The van der Waals surface area contributed by atoms with E-state index in [1.54, 1.807) is 6.07 Å². The summed E-state index contributed by atoms with van der Waals surface area (Å²) < 4.78 is 71.2. The van der Waals surface area contributed by atoms with Crippen molar-refractivity contribution < 1.29 is 31.0 Å². The molecular formula is C21H20Cl2N2O7S2.